The van der Waals surface area contributed by atoms with Crippen molar-refractivity contribution in [2.45, 2.75) is 64.9 Å². The van der Waals surface area contributed by atoms with Crippen LogP contribution in [0.2, 0.25) is 0 Å². The molecule has 1 heteroatoms. The Kier molecular flexibility index (Phi) is 7.75. The van der Waals surface area contributed by atoms with E-state index >= 15 is 0 Å². The molecular formula is C17H28O. The van der Waals surface area contributed by atoms with Crippen LogP contribution in [-0.2, 0) is 0 Å². The molecule has 0 spiro atoms. The molecule has 18 heavy (non-hydrogen) atoms. The lowest BCUT2D eigenvalue weighted by Crippen LogP contribution is -2.09. The minimum absolute atomic E-state index is 0.304. The van der Waals surface area contributed by atoms with E-state index in [1.165, 1.54) is 38.5 Å². The molecule has 0 bridgehead atoms. The smallest absolute Gasteiger partial charge is 0.0815 e. The van der Waals surface area contributed by atoms with Crippen LogP contribution in [0, 0.1) is 5.92 Å². The van der Waals surface area contributed by atoms with Gasteiger partial charge in [0.2, 0.25) is 0 Å². The zero-order valence-electron chi connectivity index (χ0n) is 11.9. The number of unbranched alkanes of at least 4 members (excludes halogenated alkanes) is 5. The average Bonchev–Trinajstić information content (AvgIpc) is 2.42. The maximum Gasteiger partial charge on any atom is 0.0815 e. The lowest BCUT2D eigenvalue weighted by Gasteiger charge is -2.19. The summed E-state index contributed by atoms with van der Waals surface area (Å²) in [5.41, 5.74) is 1.05. The van der Waals surface area contributed by atoms with Gasteiger partial charge in [-0.15, -0.1) is 0 Å². The molecule has 0 fully saturated rings. The Hall–Kier alpha value is -0.820. The predicted molar refractivity (Wildman–Crippen MR) is 78.6 cm³/mol. The number of hydrogen-bond donors (Lipinski definition) is 1. The first-order valence-corrected chi connectivity index (χ1v) is 7.48. The third kappa shape index (κ3) is 5.68. The van der Waals surface area contributed by atoms with Crippen LogP contribution < -0.4 is 0 Å². The Morgan fingerprint density at radius 3 is 2.22 bits per heavy atom. The number of aliphatic hydroxyl groups is 1. The highest BCUT2D eigenvalue weighted by Crippen LogP contribution is 2.25. The molecule has 1 nitrogen and oxygen atoms in total. The van der Waals surface area contributed by atoms with Crippen molar-refractivity contribution in [1.29, 1.82) is 0 Å². The van der Waals surface area contributed by atoms with E-state index in [1.54, 1.807) is 0 Å². The average molecular weight is 248 g/mol. The van der Waals surface area contributed by atoms with Gasteiger partial charge < -0.3 is 5.11 Å². The van der Waals surface area contributed by atoms with Gasteiger partial charge in [-0.3, -0.25) is 0 Å². The van der Waals surface area contributed by atoms with Crippen molar-refractivity contribution >= 4 is 0 Å². The molecule has 1 aromatic carbocycles. The number of hydrogen-bond acceptors (Lipinski definition) is 1. The van der Waals surface area contributed by atoms with Crippen molar-refractivity contribution < 1.29 is 5.11 Å². The molecule has 0 aromatic heterocycles. The zero-order valence-corrected chi connectivity index (χ0v) is 11.9. The van der Waals surface area contributed by atoms with Gasteiger partial charge in [-0.2, -0.15) is 0 Å². The summed E-state index contributed by atoms with van der Waals surface area (Å²) in [5, 5.41) is 10.2. The second kappa shape index (κ2) is 9.16. The fraction of sp³-hybridized carbons (Fsp3) is 0.647. The standard InChI is InChI=1S/C17H28O/c1-3-4-5-6-7-9-12-15(2)17(18)16-13-10-8-11-14-16/h8,10-11,13-15,17-18H,3-7,9,12H2,1-2H3. The quantitative estimate of drug-likeness (QED) is 0.602. The monoisotopic (exact) mass is 248 g/mol. The van der Waals surface area contributed by atoms with E-state index in [1.807, 2.05) is 30.3 Å². The third-order valence-corrected chi connectivity index (χ3v) is 3.69. The summed E-state index contributed by atoms with van der Waals surface area (Å²) in [6.45, 7) is 4.40. The van der Waals surface area contributed by atoms with Gasteiger partial charge in [0, 0.05) is 0 Å². The van der Waals surface area contributed by atoms with E-state index in [-0.39, 0.29) is 6.10 Å². The van der Waals surface area contributed by atoms with Crippen LogP contribution >= 0.6 is 0 Å². The SMILES string of the molecule is CCCCCCCCC(C)C(O)c1ccccc1. The Morgan fingerprint density at radius 1 is 0.944 bits per heavy atom. The van der Waals surface area contributed by atoms with Gasteiger partial charge in [0.05, 0.1) is 6.10 Å². The fourth-order valence-electron chi connectivity index (χ4n) is 2.38. The molecule has 0 heterocycles. The first-order valence-electron chi connectivity index (χ1n) is 7.48. The molecule has 0 saturated heterocycles. The minimum Gasteiger partial charge on any atom is -0.388 e. The first kappa shape index (κ1) is 15.2. The van der Waals surface area contributed by atoms with Crippen LogP contribution in [0.1, 0.15) is 70.5 Å². The van der Waals surface area contributed by atoms with Gasteiger partial charge in [0.1, 0.15) is 0 Å². The molecule has 2 unspecified atom stereocenters. The molecule has 0 aliphatic heterocycles. The minimum atomic E-state index is -0.304. The zero-order chi connectivity index (χ0) is 13.2. The maximum absolute atomic E-state index is 10.2. The maximum atomic E-state index is 10.2. The van der Waals surface area contributed by atoms with E-state index in [2.05, 4.69) is 13.8 Å². The van der Waals surface area contributed by atoms with Crippen molar-refractivity contribution in [2.75, 3.05) is 0 Å². The molecule has 0 aliphatic carbocycles. The van der Waals surface area contributed by atoms with Gasteiger partial charge in [-0.05, 0) is 17.9 Å². The summed E-state index contributed by atoms with van der Waals surface area (Å²) < 4.78 is 0. The summed E-state index contributed by atoms with van der Waals surface area (Å²) in [7, 11) is 0. The topological polar surface area (TPSA) is 20.2 Å². The van der Waals surface area contributed by atoms with Crippen LogP contribution in [0.25, 0.3) is 0 Å². The lowest BCUT2D eigenvalue weighted by atomic mass is 9.92. The second-order valence-corrected chi connectivity index (χ2v) is 5.39. The summed E-state index contributed by atoms with van der Waals surface area (Å²) in [5.74, 6) is 0.360. The number of benzene rings is 1. The highest BCUT2D eigenvalue weighted by Gasteiger charge is 2.15. The Morgan fingerprint density at radius 2 is 1.56 bits per heavy atom. The van der Waals surface area contributed by atoms with Crippen LogP contribution in [-0.4, -0.2) is 5.11 Å². The summed E-state index contributed by atoms with van der Waals surface area (Å²) >= 11 is 0. The lowest BCUT2D eigenvalue weighted by molar-refractivity contribution is 0.111. The van der Waals surface area contributed by atoms with Crippen molar-refractivity contribution in [3.05, 3.63) is 35.9 Å². The first-order chi connectivity index (χ1) is 8.75. The molecule has 102 valence electrons. The summed E-state index contributed by atoms with van der Waals surface area (Å²) in [6, 6.07) is 10.0. The normalized spacial score (nSPS) is 14.4. The highest BCUT2D eigenvalue weighted by molar-refractivity contribution is 5.17. The van der Waals surface area contributed by atoms with Crippen molar-refractivity contribution in [3.63, 3.8) is 0 Å². The Labute approximate surface area is 112 Å². The highest BCUT2D eigenvalue weighted by atomic mass is 16.3. The van der Waals surface area contributed by atoms with Gasteiger partial charge in [-0.1, -0.05) is 82.7 Å². The van der Waals surface area contributed by atoms with Crippen molar-refractivity contribution in [3.8, 4) is 0 Å². The molecule has 1 N–H and O–H groups in total. The number of aliphatic hydroxyl groups excluding tert-OH is 1. The molecule has 1 aromatic rings. The number of rotatable bonds is 9. The summed E-state index contributed by atoms with van der Waals surface area (Å²) in [4.78, 5) is 0. The van der Waals surface area contributed by atoms with E-state index in [9.17, 15) is 5.11 Å². The van der Waals surface area contributed by atoms with Gasteiger partial charge >= 0.3 is 0 Å². The van der Waals surface area contributed by atoms with Crippen molar-refractivity contribution in [2.24, 2.45) is 5.92 Å². The van der Waals surface area contributed by atoms with E-state index < -0.39 is 0 Å². The summed E-state index contributed by atoms with van der Waals surface area (Å²) in [6.07, 6.45) is 8.77. The Bertz CT molecular complexity index is 294. The van der Waals surface area contributed by atoms with E-state index in [4.69, 9.17) is 0 Å². The predicted octanol–water partition coefficient (Wildman–Crippen LogP) is 5.11. The van der Waals surface area contributed by atoms with Gasteiger partial charge in [-0.25, -0.2) is 0 Å². The van der Waals surface area contributed by atoms with Crippen molar-refractivity contribution in [1.82, 2.24) is 0 Å². The largest absolute Gasteiger partial charge is 0.388 e. The van der Waals surface area contributed by atoms with Gasteiger partial charge in [0.25, 0.3) is 0 Å². The Balaban J connectivity index is 2.18. The fourth-order valence-corrected chi connectivity index (χ4v) is 2.38. The van der Waals surface area contributed by atoms with Crippen LogP contribution in [0.3, 0.4) is 0 Å². The third-order valence-electron chi connectivity index (χ3n) is 3.69. The molecule has 1 rings (SSSR count). The molecule has 0 radical (unpaired) electrons. The molecule has 0 aliphatic rings. The molecule has 2 atom stereocenters. The van der Waals surface area contributed by atoms with Crippen LogP contribution in [0.15, 0.2) is 30.3 Å². The van der Waals surface area contributed by atoms with E-state index in [0.717, 1.165) is 12.0 Å². The molecule has 0 saturated carbocycles. The molecular weight excluding hydrogens is 220 g/mol. The second-order valence-electron chi connectivity index (χ2n) is 5.39. The van der Waals surface area contributed by atoms with Gasteiger partial charge in [0.15, 0.2) is 0 Å². The van der Waals surface area contributed by atoms with Crippen LogP contribution in [0.4, 0.5) is 0 Å². The van der Waals surface area contributed by atoms with Crippen LogP contribution in [0.5, 0.6) is 0 Å². The van der Waals surface area contributed by atoms with E-state index in [0.29, 0.717) is 5.92 Å². The molecule has 0 amide bonds.